The SMILES string of the molecule is CC(C)(C)OC(=O)N1CCc2c(-c3ccc(Cl)cc3)nn(Cc3ccc([N+](=O)[O-])cc3)c2CC1. The van der Waals surface area contributed by atoms with E-state index in [1.807, 2.05) is 49.7 Å². The third kappa shape index (κ3) is 5.39. The van der Waals surface area contributed by atoms with Crippen LogP contribution >= 0.6 is 11.6 Å². The van der Waals surface area contributed by atoms with E-state index < -0.39 is 10.5 Å². The Morgan fingerprint density at radius 3 is 2.35 bits per heavy atom. The number of nitro groups is 1. The largest absolute Gasteiger partial charge is 0.444 e. The highest BCUT2D eigenvalue weighted by Crippen LogP contribution is 2.30. The summed E-state index contributed by atoms with van der Waals surface area (Å²) in [6, 6.07) is 14.1. The van der Waals surface area contributed by atoms with E-state index in [1.165, 1.54) is 12.1 Å². The van der Waals surface area contributed by atoms with Crippen molar-refractivity contribution in [3.8, 4) is 11.3 Å². The Morgan fingerprint density at radius 1 is 1.09 bits per heavy atom. The molecule has 1 aromatic heterocycles. The molecule has 1 aliphatic heterocycles. The normalized spacial score (nSPS) is 13.8. The molecule has 1 aliphatic rings. The lowest BCUT2D eigenvalue weighted by molar-refractivity contribution is -0.384. The van der Waals surface area contributed by atoms with Crippen molar-refractivity contribution in [1.82, 2.24) is 14.7 Å². The van der Waals surface area contributed by atoms with Gasteiger partial charge >= 0.3 is 6.09 Å². The molecule has 0 atom stereocenters. The van der Waals surface area contributed by atoms with Crippen LogP contribution in [-0.4, -0.2) is 44.4 Å². The van der Waals surface area contributed by atoms with Gasteiger partial charge in [-0.05, 0) is 44.9 Å². The second-order valence-electron chi connectivity index (χ2n) is 9.33. The van der Waals surface area contributed by atoms with Crippen molar-refractivity contribution >= 4 is 23.4 Å². The Morgan fingerprint density at radius 2 is 1.74 bits per heavy atom. The predicted octanol–water partition coefficient (Wildman–Crippen LogP) is 5.50. The molecular formula is C25H27ClN4O4. The van der Waals surface area contributed by atoms with Gasteiger partial charge in [-0.2, -0.15) is 5.10 Å². The van der Waals surface area contributed by atoms with Crippen molar-refractivity contribution in [3.63, 3.8) is 0 Å². The van der Waals surface area contributed by atoms with Gasteiger partial charge < -0.3 is 9.64 Å². The molecule has 178 valence electrons. The number of benzene rings is 2. The maximum Gasteiger partial charge on any atom is 0.410 e. The number of nitro benzene ring substituents is 1. The summed E-state index contributed by atoms with van der Waals surface area (Å²) in [7, 11) is 0. The van der Waals surface area contributed by atoms with Gasteiger partial charge in [-0.15, -0.1) is 0 Å². The van der Waals surface area contributed by atoms with Gasteiger partial charge in [0.05, 0.1) is 17.2 Å². The summed E-state index contributed by atoms with van der Waals surface area (Å²) in [6.07, 6.45) is 0.954. The second kappa shape index (κ2) is 9.46. The Balaban J connectivity index is 1.66. The second-order valence-corrected chi connectivity index (χ2v) is 9.77. The molecule has 0 saturated heterocycles. The molecule has 0 saturated carbocycles. The van der Waals surface area contributed by atoms with Crippen LogP contribution in [0.1, 0.15) is 37.6 Å². The molecule has 2 heterocycles. The van der Waals surface area contributed by atoms with Gasteiger partial charge in [0, 0.05) is 53.5 Å². The molecule has 1 amide bonds. The van der Waals surface area contributed by atoms with Crippen molar-refractivity contribution in [2.24, 2.45) is 0 Å². The monoisotopic (exact) mass is 482 g/mol. The van der Waals surface area contributed by atoms with Gasteiger partial charge in [-0.1, -0.05) is 35.9 Å². The Labute approximate surface area is 203 Å². The molecule has 9 heteroatoms. The number of amides is 1. The van der Waals surface area contributed by atoms with Crippen molar-refractivity contribution in [1.29, 1.82) is 0 Å². The highest BCUT2D eigenvalue weighted by atomic mass is 35.5. The fraction of sp³-hybridized carbons (Fsp3) is 0.360. The van der Waals surface area contributed by atoms with E-state index in [-0.39, 0.29) is 11.8 Å². The standard InChI is InChI=1S/C25H27ClN4O4/c1-25(2,3)34-24(31)28-14-12-21-22(13-15-28)29(16-17-4-10-20(11-5-17)30(32)33)27-23(21)18-6-8-19(26)9-7-18/h4-11H,12-16H2,1-3H3. The van der Waals surface area contributed by atoms with Crippen molar-refractivity contribution in [3.05, 3.63) is 80.5 Å². The first kappa shape index (κ1) is 23.8. The van der Waals surface area contributed by atoms with Crippen molar-refractivity contribution in [2.75, 3.05) is 13.1 Å². The number of carbonyl (C=O) groups is 1. The predicted molar refractivity (Wildman–Crippen MR) is 130 cm³/mol. The number of halogens is 1. The van der Waals surface area contributed by atoms with Crippen LogP contribution in [-0.2, 0) is 24.1 Å². The number of hydrogen-bond acceptors (Lipinski definition) is 5. The molecular weight excluding hydrogens is 456 g/mol. The zero-order valence-corrected chi connectivity index (χ0v) is 20.2. The van der Waals surface area contributed by atoms with E-state index in [0.29, 0.717) is 37.5 Å². The quantitative estimate of drug-likeness (QED) is 0.362. The molecule has 0 bridgehead atoms. The molecule has 8 nitrogen and oxygen atoms in total. The molecule has 2 aromatic carbocycles. The van der Waals surface area contributed by atoms with Crippen LogP contribution in [0.2, 0.25) is 5.02 Å². The van der Waals surface area contributed by atoms with E-state index in [9.17, 15) is 14.9 Å². The van der Waals surface area contributed by atoms with Crippen molar-refractivity contribution in [2.45, 2.75) is 45.8 Å². The summed E-state index contributed by atoms with van der Waals surface area (Å²) in [5.74, 6) is 0. The molecule has 0 fully saturated rings. The summed E-state index contributed by atoms with van der Waals surface area (Å²) < 4.78 is 7.53. The van der Waals surface area contributed by atoms with Crippen LogP contribution in [0.15, 0.2) is 48.5 Å². The number of ether oxygens (including phenoxy) is 1. The topological polar surface area (TPSA) is 90.5 Å². The lowest BCUT2D eigenvalue weighted by Gasteiger charge is -2.26. The van der Waals surface area contributed by atoms with Gasteiger partial charge in [0.1, 0.15) is 5.60 Å². The Hall–Kier alpha value is -3.39. The zero-order valence-electron chi connectivity index (χ0n) is 19.5. The molecule has 0 unspecified atom stereocenters. The van der Waals surface area contributed by atoms with Crippen LogP contribution in [0.4, 0.5) is 10.5 Å². The molecule has 34 heavy (non-hydrogen) atoms. The van der Waals surface area contributed by atoms with Crippen LogP contribution in [0, 0.1) is 10.1 Å². The average Bonchev–Trinajstić information content (AvgIpc) is 2.95. The van der Waals surface area contributed by atoms with Gasteiger partial charge in [0.25, 0.3) is 5.69 Å². The number of carbonyl (C=O) groups excluding carboxylic acids is 1. The number of aromatic nitrogens is 2. The molecule has 4 rings (SSSR count). The summed E-state index contributed by atoms with van der Waals surface area (Å²) in [6.45, 7) is 7.11. The first-order valence-corrected chi connectivity index (χ1v) is 11.5. The highest BCUT2D eigenvalue weighted by Gasteiger charge is 2.28. The minimum absolute atomic E-state index is 0.0536. The van der Waals surface area contributed by atoms with E-state index in [0.717, 1.165) is 28.1 Å². The van der Waals surface area contributed by atoms with E-state index in [2.05, 4.69) is 0 Å². The molecule has 0 N–H and O–H groups in total. The van der Waals surface area contributed by atoms with Gasteiger partial charge in [0.2, 0.25) is 0 Å². The lowest BCUT2D eigenvalue weighted by atomic mass is 10.0. The van der Waals surface area contributed by atoms with Gasteiger partial charge in [-0.3, -0.25) is 14.8 Å². The number of hydrogen-bond donors (Lipinski definition) is 0. The van der Waals surface area contributed by atoms with Crippen LogP contribution in [0.5, 0.6) is 0 Å². The van der Waals surface area contributed by atoms with E-state index in [1.54, 1.807) is 17.0 Å². The summed E-state index contributed by atoms with van der Waals surface area (Å²) in [5, 5.41) is 16.6. The summed E-state index contributed by atoms with van der Waals surface area (Å²) >= 11 is 6.09. The average molecular weight is 483 g/mol. The van der Waals surface area contributed by atoms with Crippen LogP contribution in [0.25, 0.3) is 11.3 Å². The first-order chi connectivity index (χ1) is 16.1. The molecule has 0 aliphatic carbocycles. The smallest absolute Gasteiger partial charge is 0.410 e. The molecule has 3 aromatic rings. The Bertz CT molecular complexity index is 1200. The Kier molecular flexibility index (Phi) is 6.61. The van der Waals surface area contributed by atoms with Gasteiger partial charge in [0.15, 0.2) is 0 Å². The van der Waals surface area contributed by atoms with Crippen molar-refractivity contribution < 1.29 is 14.5 Å². The molecule has 0 spiro atoms. The van der Waals surface area contributed by atoms with E-state index >= 15 is 0 Å². The summed E-state index contributed by atoms with van der Waals surface area (Å²) in [5.41, 5.74) is 4.36. The third-order valence-corrected chi connectivity index (χ3v) is 5.92. The maximum absolute atomic E-state index is 12.7. The highest BCUT2D eigenvalue weighted by molar-refractivity contribution is 6.30. The number of non-ortho nitro benzene ring substituents is 1. The number of fused-ring (bicyclic) bond motifs is 1. The minimum Gasteiger partial charge on any atom is -0.444 e. The minimum atomic E-state index is -0.558. The number of rotatable bonds is 4. The van der Waals surface area contributed by atoms with Crippen LogP contribution in [0.3, 0.4) is 0 Å². The third-order valence-electron chi connectivity index (χ3n) is 5.67. The van der Waals surface area contributed by atoms with Crippen LogP contribution < -0.4 is 0 Å². The number of nitrogens with zero attached hydrogens (tertiary/aromatic N) is 4. The fourth-order valence-corrected chi connectivity index (χ4v) is 4.18. The zero-order chi connectivity index (χ0) is 24.5. The lowest BCUT2D eigenvalue weighted by Crippen LogP contribution is -2.38. The maximum atomic E-state index is 12.7. The fourth-order valence-electron chi connectivity index (χ4n) is 4.05. The molecule has 0 radical (unpaired) electrons. The first-order valence-electron chi connectivity index (χ1n) is 11.2. The van der Waals surface area contributed by atoms with E-state index in [4.69, 9.17) is 21.4 Å². The van der Waals surface area contributed by atoms with Gasteiger partial charge in [-0.25, -0.2) is 4.79 Å². The summed E-state index contributed by atoms with van der Waals surface area (Å²) in [4.78, 5) is 25.0.